The highest BCUT2D eigenvalue weighted by Gasteiger charge is 2.30. The maximum absolute atomic E-state index is 12.4. The van der Waals surface area contributed by atoms with Crippen molar-refractivity contribution in [1.29, 1.82) is 0 Å². The number of hydrogen-bond donors (Lipinski definition) is 0. The van der Waals surface area contributed by atoms with E-state index in [-0.39, 0.29) is 11.5 Å². The maximum Gasteiger partial charge on any atom is 0.201 e. The van der Waals surface area contributed by atoms with Gasteiger partial charge in [-0.15, -0.1) is 0 Å². The number of nitrogens with zero attached hydrogens (tertiary/aromatic N) is 1. The summed E-state index contributed by atoms with van der Waals surface area (Å²) in [5, 5.41) is 0.784. The van der Waals surface area contributed by atoms with Crippen LogP contribution in [0.5, 0.6) is 5.88 Å². The molecule has 1 atom stereocenters. The lowest BCUT2D eigenvalue weighted by Crippen LogP contribution is -2.20. The number of ether oxygens (including phenoxy) is 1. The quantitative estimate of drug-likeness (QED) is 0.770. The summed E-state index contributed by atoms with van der Waals surface area (Å²) < 4.78 is 7.95. The Bertz CT molecular complexity index is 670. The van der Waals surface area contributed by atoms with Gasteiger partial charge in [-0.3, -0.25) is 4.79 Å². The standard InChI is InChI=1S/C15H17NO2/c1-9(2)13-8-11-14(17)10-6-4-5-7-12(10)16(3)15(11)18-13/h4-7,9,13H,8H2,1-3H3. The van der Waals surface area contributed by atoms with Crippen molar-refractivity contribution < 1.29 is 4.74 Å². The van der Waals surface area contributed by atoms with Gasteiger partial charge in [-0.2, -0.15) is 0 Å². The highest BCUT2D eigenvalue weighted by molar-refractivity contribution is 5.81. The molecule has 0 radical (unpaired) electrons. The molecule has 0 saturated heterocycles. The number of aryl methyl sites for hydroxylation is 1. The fourth-order valence-electron chi connectivity index (χ4n) is 2.62. The Hall–Kier alpha value is -1.77. The molecule has 0 bridgehead atoms. The van der Waals surface area contributed by atoms with Crippen LogP contribution in [0.15, 0.2) is 29.1 Å². The van der Waals surface area contributed by atoms with Crippen molar-refractivity contribution in [3.8, 4) is 5.88 Å². The molecule has 0 fully saturated rings. The minimum absolute atomic E-state index is 0.121. The summed E-state index contributed by atoms with van der Waals surface area (Å²) in [5.74, 6) is 1.16. The summed E-state index contributed by atoms with van der Waals surface area (Å²) in [4.78, 5) is 12.4. The first-order valence-electron chi connectivity index (χ1n) is 6.37. The third-order valence-electron chi connectivity index (χ3n) is 3.76. The van der Waals surface area contributed by atoms with Crippen LogP contribution in [0.2, 0.25) is 0 Å². The molecule has 0 spiro atoms. The molecule has 1 unspecified atom stereocenters. The van der Waals surface area contributed by atoms with Gasteiger partial charge in [0.2, 0.25) is 5.88 Å². The zero-order valence-electron chi connectivity index (χ0n) is 10.9. The molecule has 3 nitrogen and oxygen atoms in total. The number of aromatic nitrogens is 1. The van der Waals surface area contributed by atoms with Crippen LogP contribution in [0.25, 0.3) is 10.9 Å². The monoisotopic (exact) mass is 243 g/mol. The van der Waals surface area contributed by atoms with Crippen LogP contribution in [-0.2, 0) is 13.5 Å². The Morgan fingerprint density at radius 1 is 1.33 bits per heavy atom. The first kappa shape index (κ1) is 11.3. The van der Waals surface area contributed by atoms with Gasteiger partial charge in [0.15, 0.2) is 5.43 Å². The topological polar surface area (TPSA) is 31.2 Å². The molecule has 0 N–H and O–H groups in total. The van der Waals surface area contributed by atoms with Crippen LogP contribution >= 0.6 is 0 Å². The van der Waals surface area contributed by atoms with E-state index in [9.17, 15) is 4.79 Å². The van der Waals surface area contributed by atoms with E-state index in [0.29, 0.717) is 5.92 Å². The Kier molecular flexibility index (Phi) is 2.44. The summed E-state index contributed by atoms with van der Waals surface area (Å²) in [6.45, 7) is 4.25. The van der Waals surface area contributed by atoms with Crippen molar-refractivity contribution in [1.82, 2.24) is 4.57 Å². The van der Waals surface area contributed by atoms with E-state index in [4.69, 9.17) is 4.74 Å². The average molecular weight is 243 g/mol. The molecule has 2 heterocycles. The van der Waals surface area contributed by atoms with Crippen LogP contribution < -0.4 is 10.2 Å². The predicted octanol–water partition coefficient (Wildman–Crippen LogP) is 2.50. The third-order valence-corrected chi connectivity index (χ3v) is 3.76. The van der Waals surface area contributed by atoms with E-state index in [2.05, 4.69) is 13.8 Å². The van der Waals surface area contributed by atoms with Crippen molar-refractivity contribution in [3.63, 3.8) is 0 Å². The van der Waals surface area contributed by atoms with E-state index in [1.165, 1.54) is 0 Å². The number of hydrogen-bond acceptors (Lipinski definition) is 2. The molecule has 94 valence electrons. The predicted molar refractivity (Wildman–Crippen MR) is 72.1 cm³/mol. The van der Waals surface area contributed by atoms with E-state index < -0.39 is 0 Å². The van der Waals surface area contributed by atoms with Crippen LogP contribution in [0.4, 0.5) is 0 Å². The maximum atomic E-state index is 12.4. The second kappa shape index (κ2) is 3.87. The molecule has 0 amide bonds. The normalized spacial score (nSPS) is 18.1. The lowest BCUT2D eigenvalue weighted by atomic mass is 10.0. The molecule has 1 aromatic carbocycles. The van der Waals surface area contributed by atoms with Gasteiger partial charge in [0.1, 0.15) is 6.10 Å². The Balaban J connectivity index is 2.29. The van der Waals surface area contributed by atoms with Crippen molar-refractivity contribution in [3.05, 3.63) is 40.1 Å². The molecule has 3 heteroatoms. The summed E-state index contributed by atoms with van der Waals surface area (Å²) in [5.41, 5.74) is 1.89. The van der Waals surface area contributed by atoms with E-state index in [1.54, 1.807) is 0 Å². The molecule has 3 rings (SSSR count). The second-order valence-corrected chi connectivity index (χ2v) is 5.29. The minimum atomic E-state index is 0.121. The summed E-state index contributed by atoms with van der Waals surface area (Å²) in [6, 6.07) is 7.71. The molecule has 0 aliphatic carbocycles. The van der Waals surface area contributed by atoms with Gasteiger partial charge < -0.3 is 9.30 Å². The van der Waals surface area contributed by atoms with E-state index in [0.717, 1.165) is 28.8 Å². The molecule has 18 heavy (non-hydrogen) atoms. The van der Waals surface area contributed by atoms with Crippen molar-refractivity contribution >= 4 is 10.9 Å². The highest BCUT2D eigenvalue weighted by Crippen LogP contribution is 2.31. The summed E-state index contributed by atoms with van der Waals surface area (Å²) in [7, 11) is 1.96. The molecule has 2 aromatic rings. The lowest BCUT2D eigenvalue weighted by Gasteiger charge is -2.15. The third kappa shape index (κ3) is 1.47. The summed E-state index contributed by atoms with van der Waals surface area (Å²) in [6.07, 6.45) is 0.848. The number of benzene rings is 1. The first-order valence-corrected chi connectivity index (χ1v) is 6.37. The molecular weight excluding hydrogens is 226 g/mol. The SMILES string of the molecule is CC(C)C1Cc2c(n(C)c3ccccc3c2=O)O1. The van der Waals surface area contributed by atoms with Crippen LogP contribution in [0, 0.1) is 5.92 Å². The van der Waals surface area contributed by atoms with Crippen LogP contribution in [0.3, 0.4) is 0 Å². The smallest absolute Gasteiger partial charge is 0.201 e. The number of para-hydroxylation sites is 1. The molecule has 1 aliphatic rings. The molecular formula is C15H17NO2. The van der Waals surface area contributed by atoms with Crippen molar-refractivity contribution in [2.24, 2.45) is 13.0 Å². The molecule has 1 aromatic heterocycles. The van der Waals surface area contributed by atoms with E-state index >= 15 is 0 Å². The number of pyridine rings is 1. The minimum Gasteiger partial charge on any atom is -0.475 e. The Labute approximate surface area is 106 Å². The fraction of sp³-hybridized carbons (Fsp3) is 0.400. The Morgan fingerprint density at radius 2 is 2.06 bits per heavy atom. The van der Waals surface area contributed by atoms with Gasteiger partial charge in [0, 0.05) is 18.9 Å². The van der Waals surface area contributed by atoms with Gasteiger partial charge in [0.25, 0.3) is 0 Å². The van der Waals surface area contributed by atoms with Crippen LogP contribution in [0.1, 0.15) is 19.4 Å². The molecule has 1 aliphatic heterocycles. The average Bonchev–Trinajstić information content (AvgIpc) is 2.81. The zero-order valence-corrected chi connectivity index (χ0v) is 10.9. The van der Waals surface area contributed by atoms with Gasteiger partial charge in [0.05, 0.1) is 11.1 Å². The van der Waals surface area contributed by atoms with Gasteiger partial charge in [-0.05, 0) is 18.1 Å². The van der Waals surface area contributed by atoms with E-state index in [1.807, 2.05) is 35.9 Å². The van der Waals surface area contributed by atoms with Crippen LogP contribution in [-0.4, -0.2) is 10.7 Å². The van der Waals surface area contributed by atoms with Gasteiger partial charge >= 0.3 is 0 Å². The van der Waals surface area contributed by atoms with Gasteiger partial charge in [-0.1, -0.05) is 26.0 Å². The lowest BCUT2D eigenvalue weighted by molar-refractivity contribution is 0.168. The molecule has 0 saturated carbocycles. The fourth-order valence-corrected chi connectivity index (χ4v) is 2.62. The zero-order chi connectivity index (χ0) is 12.9. The second-order valence-electron chi connectivity index (χ2n) is 5.29. The van der Waals surface area contributed by atoms with Crippen molar-refractivity contribution in [2.75, 3.05) is 0 Å². The highest BCUT2D eigenvalue weighted by atomic mass is 16.5. The number of fused-ring (bicyclic) bond motifs is 2. The number of rotatable bonds is 1. The van der Waals surface area contributed by atoms with Crippen molar-refractivity contribution in [2.45, 2.75) is 26.4 Å². The van der Waals surface area contributed by atoms with Gasteiger partial charge in [-0.25, -0.2) is 0 Å². The summed E-state index contributed by atoms with van der Waals surface area (Å²) >= 11 is 0. The first-order chi connectivity index (χ1) is 8.59. The Morgan fingerprint density at radius 3 is 2.78 bits per heavy atom. The largest absolute Gasteiger partial charge is 0.475 e.